The summed E-state index contributed by atoms with van der Waals surface area (Å²) in [5.74, 6) is -0.823. The Hall–Kier alpha value is -3.36. The molecule has 0 bridgehead atoms. The Balaban J connectivity index is 1.97. The van der Waals surface area contributed by atoms with Crippen molar-refractivity contribution in [3.8, 4) is 0 Å². The third-order valence-electron chi connectivity index (χ3n) is 5.86. The van der Waals surface area contributed by atoms with Gasteiger partial charge in [0, 0.05) is 17.1 Å². The van der Waals surface area contributed by atoms with Crippen LogP contribution < -0.4 is 9.62 Å². The number of amides is 2. The summed E-state index contributed by atoms with van der Waals surface area (Å²) in [6.07, 6.45) is 0.502. The lowest BCUT2D eigenvalue weighted by Gasteiger charge is -2.33. The number of benzene rings is 3. The second-order valence-corrected chi connectivity index (χ2v) is 12.3. The van der Waals surface area contributed by atoms with Crippen molar-refractivity contribution < 1.29 is 18.0 Å². The van der Waals surface area contributed by atoms with Crippen molar-refractivity contribution in [1.29, 1.82) is 0 Å². The molecular weight excluding hydrogens is 522 g/mol. The van der Waals surface area contributed by atoms with Gasteiger partial charge in [0.1, 0.15) is 12.6 Å². The molecule has 2 amide bonds. The molecule has 3 rings (SSSR count). The molecule has 202 valence electrons. The summed E-state index contributed by atoms with van der Waals surface area (Å²) in [6, 6.07) is 23.0. The van der Waals surface area contributed by atoms with Crippen molar-refractivity contribution in [2.24, 2.45) is 0 Å². The smallest absolute Gasteiger partial charge is 0.264 e. The van der Waals surface area contributed by atoms with Gasteiger partial charge >= 0.3 is 0 Å². The number of hydrogen-bond donors (Lipinski definition) is 1. The summed E-state index contributed by atoms with van der Waals surface area (Å²) in [7, 11) is -4.11. The van der Waals surface area contributed by atoms with Gasteiger partial charge in [0.15, 0.2) is 0 Å². The Morgan fingerprint density at radius 2 is 1.53 bits per heavy atom. The van der Waals surface area contributed by atoms with Crippen molar-refractivity contribution >= 4 is 39.1 Å². The van der Waals surface area contributed by atoms with Crippen molar-refractivity contribution in [2.45, 2.75) is 50.6 Å². The fourth-order valence-corrected chi connectivity index (χ4v) is 5.54. The van der Waals surface area contributed by atoms with Gasteiger partial charge in [-0.25, -0.2) is 8.42 Å². The average Bonchev–Trinajstić information content (AvgIpc) is 2.87. The van der Waals surface area contributed by atoms with E-state index in [0.717, 1.165) is 9.87 Å². The lowest BCUT2D eigenvalue weighted by Crippen LogP contribution is -2.55. The zero-order valence-corrected chi connectivity index (χ0v) is 23.7. The zero-order valence-electron chi connectivity index (χ0n) is 22.1. The minimum Gasteiger partial charge on any atom is -0.350 e. The Morgan fingerprint density at radius 1 is 0.921 bits per heavy atom. The van der Waals surface area contributed by atoms with Gasteiger partial charge in [0.25, 0.3) is 10.0 Å². The number of anilines is 1. The largest absolute Gasteiger partial charge is 0.350 e. The molecule has 0 aliphatic heterocycles. The number of carbonyl (C=O) groups is 2. The molecule has 3 aromatic rings. The van der Waals surface area contributed by atoms with Gasteiger partial charge in [-0.05, 0) is 70.0 Å². The van der Waals surface area contributed by atoms with Crippen molar-refractivity contribution in [2.75, 3.05) is 17.4 Å². The number of rotatable bonds is 10. The fraction of sp³-hybridized carbons (Fsp3) is 0.310. The van der Waals surface area contributed by atoms with E-state index in [2.05, 4.69) is 5.32 Å². The maximum atomic E-state index is 13.8. The monoisotopic (exact) mass is 555 g/mol. The van der Waals surface area contributed by atoms with Crippen LogP contribution in [0.3, 0.4) is 0 Å². The van der Waals surface area contributed by atoms with Gasteiger partial charge in [-0.2, -0.15) is 0 Å². The lowest BCUT2D eigenvalue weighted by atomic mass is 10.1. The van der Waals surface area contributed by atoms with Crippen LogP contribution in [0.2, 0.25) is 5.02 Å². The SMILES string of the molecule is CC(C(=O)NC(C)(C)C)N(CCc1ccccc1)C(=O)CN(c1cccc(Cl)c1)S(=O)(=O)c1ccccc1. The molecule has 7 nitrogen and oxygen atoms in total. The van der Waals surface area contributed by atoms with Gasteiger partial charge in [-0.1, -0.05) is 66.2 Å². The number of halogens is 1. The lowest BCUT2D eigenvalue weighted by molar-refractivity contribution is -0.139. The maximum absolute atomic E-state index is 13.8. The standard InChI is InChI=1S/C29H34ClN3O4S/c1-22(28(35)31-29(2,3)4)32(19-18-23-12-7-5-8-13-23)27(34)21-33(25-15-11-14-24(30)20-25)38(36,37)26-16-9-6-10-17-26/h5-17,20,22H,18-19,21H2,1-4H3,(H,31,35). The second kappa shape index (κ2) is 12.5. The summed E-state index contributed by atoms with van der Waals surface area (Å²) in [4.78, 5) is 28.4. The molecule has 0 aliphatic carbocycles. The van der Waals surface area contributed by atoms with E-state index in [1.165, 1.54) is 23.1 Å². The second-order valence-electron chi connectivity index (χ2n) is 10.0. The van der Waals surface area contributed by atoms with Gasteiger partial charge in [0.05, 0.1) is 10.6 Å². The number of carbonyl (C=O) groups excluding carboxylic acids is 2. The first-order valence-corrected chi connectivity index (χ1v) is 14.2. The molecule has 0 saturated carbocycles. The van der Waals surface area contributed by atoms with Crippen molar-refractivity contribution in [3.05, 3.63) is 95.5 Å². The quantitative estimate of drug-likeness (QED) is 0.385. The average molecular weight is 556 g/mol. The van der Waals surface area contributed by atoms with Gasteiger partial charge in [0.2, 0.25) is 11.8 Å². The van der Waals surface area contributed by atoms with E-state index in [1.54, 1.807) is 43.3 Å². The predicted molar refractivity (Wildman–Crippen MR) is 152 cm³/mol. The third kappa shape index (κ3) is 7.82. The third-order valence-corrected chi connectivity index (χ3v) is 7.88. The zero-order chi connectivity index (χ0) is 27.9. The predicted octanol–water partition coefficient (Wildman–Crippen LogP) is 4.91. The fourth-order valence-electron chi connectivity index (χ4n) is 3.92. The molecule has 0 fully saturated rings. The summed E-state index contributed by atoms with van der Waals surface area (Å²) >= 11 is 6.19. The van der Waals surface area contributed by atoms with Crippen molar-refractivity contribution in [3.63, 3.8) is 0 Å². The molecule has 0 aromatic heterocycles. The molecule has 0 saturated heterocycles. The number of sulfonamides is 1. The van der Waals surface area contributed by atoms with E-state index in [9.17, 15) is 18.0 Å². The van der Waals surface area contributed by atoms with E-state index >= 15 is 0 Å². The molecule has 0 radical (unpaired) electrons. The van der Waals surface area contributed by atoms with Crippen LogP contribution in [0.4, 0.5) is 5.69 Å². The topological polar surface area (TPSA) is 86.8 Å². The molecule has 9 heteroatoms. The molecule has 1 atom stereocenters. The Morgan fingerprint density at radius 3 is 2.11 bits per heavy atom. The molecule has 1 N–H and O–H groups in total. The minimum absolute atomic E-state index is 0.0436. The highest BCUT2D eigenvalue weighted by Gasteiger charge is 2.33. The first-order chi connectivity index (χ1) is 17.9. The minimum atomic E-state index is -4.11. The van der Waals surface area contributed by atoms with Gasteiger partial charge < -0.3 is 10.2 Å². The van der Waals surface area contributed by atoms with E-state index < -0.39 is 34.1 Å². The van der Waals surface area contributed by atoms with Crippen molar-refractivity contribution in [1.82, 2.24) is 10.2 Å². The van der Waals surface area contributed by atoms with Gasteiger partial charge in [-0.3, -0.25) is 13.9 Å². The summed E-state index contributed by atoms with van der Waals surface area (Å²) in [6.45, 7) is 6.97. The highest BCUT2D eigenvalue weighted by Crippen LogP contribution is 2.26. The molecule has 0 spiro atoms. The van der Waals surface area contributed by atoms with Crippen LogP contribution in [0, 0.1) is 0 Å². The Bertz CT molecular complexity index is 1340. The molecule has 3 aromatic carbocycles. The van der Waals surface area contributed by atoms with Crippen LogP contribution in [0.1, 0.15) is 33.3 Å². The first kappa shape index (κ1) is 29.2. The highest BCUT2D eigenvalue weighted by atomic mass is 35.5. The maximum Gasteiger partial charge on any atom is 0.264 e. The number of nitrogens with zero attached hydrogens (tertiary/aromatic N) is 2. The highest BCUT2D eigenvalue weighted by molar-refractivity contribution is 7.92. The molecule has 0 heterocycles. The van der Waals surface area contributed by atoms with Crippen LogP contribution in [-0.2, 0) is 26.0 Å². The molecule has 1 unspecified atom stereocenters. The van der Waals surface area contributed by atoms with E-state index in [1.807, 2.05) is 51.1 Å². The normalized spacial score (nSPS) is 12.4. The Labute approximate surface area is 230 Å². The number of nitrogens with one attached hydrogen (secondary N) is 1. The van der Waals surface area contributed by atoms with E-state index in [-0.39, 0.29) is 23.0 Å². The molecule has 0 aliphatic rings. The van der Waals surface area contributed by atoms with Crippen LogP contribution in [0.5, 0.6) is 0 Å². The summed E-state index contributed by atoms with van der Waals surface area (Å²) < 4.78 is 28.5. The number of hydrogen-bond acceptors (Lipinski definition) is 4. The Kier molecular flexibility index (Phi) is 9.57. The molecule has 38 heavy (non-hydrogen) atoms. The van der Waals surface area contributed by atoms with E-state index in [4.69, 9.17) is 11.6 Å². The van der Waals surface area contributed by atoms with Crippen LogP contribution >= 0.6 is 11.6 Å². The first-order valence-electron chi connectivity index (χ1n) is 12.4. The summed E-state index contributed by atoms with van der Waals surface area (Å²) in [5, 5.41) is 3.25. The van der Waals surface area contributed by atoms with Crippen LogP contribution in [0.25, 0.3) is 0 Å². The van der Waals surface area contributed by atoms with Crippen LogP contribution in [0.15, 0.2) is 89.8 Å². The summed E-state index contributed by atoms with van der Waals surface area (Å²) in [5.41, 5.74) is 0.755. The van der Waals surface area contributed by atoms with Crippen LogP contribution in [-0.4, -0.2) is 49.8 Å². The molecular formula is C29H34ClN3O4S. The van der Waals surface area contributed by atoms with Gasteiger partial charge in [-0.15, -0.1) is 0 Å². The van der Waals surface area contributed by atoms with E-state index in [0.29, 0.717) is 11.4 Å².